The number of alkyl halides is 1. The molecule has 1 aromatic rings. The highest BCUT2D eigenvalue weighted by atomic mass is 19.1. The van der Waals surface area contributed by atoms with Crippen molar-refractivity contribution >= 4 is 0 Å². The second kappa shape index (κ2) is 3.74. The van der Waals surface area contributed by atoms with Crippen LogP contribution in [0.4, 0.5) is 4.39 Å². The minimum atomic E-state index is -1.18. The van der Waals surface area contributed by atoms with Gasteiger partial charge in [-0.25, -0.2) is 4.39 Å². The van der Waals surface area contributed by atoms with Crippen molar-refractivity contribution in [2.75, 3.05) is 19.7 Å². The van der Waals surface area contributed by atoms with E-state index in [2.05, 4.69) is 5.32 Å². The Hall–Kier alpha value is -1.09. The van der Waals surface area contributed by atoms with E-state index >= 15 is 0 Å². The molecule has 0 spiro atoms. The summed E-state index contributed by atoms with van der Waals surface area (Å²) in [5.41, 5.74) is 0.777. The largest absolute Gasteiger partial charge is 0.493 e. The van der Waals surface area contributed by atoms with Crippen molar-refractivity contribution in [1.29, 1.82) is 0 Å². The fourth-order valence-corrected chi connectivity index (χ4v) is 2.58. The first-order chi connectivity index (χ1) is 7.78. The van der Waals surface area contributed by atoms with Gasteiger partial charge in [-0.2, -0.15) is 0 Å². The number of rotatable bonds is 1. The summed E-state index contributed by atoms with van der Waals surface area (Å²) in [7, 11) is 0. The number of fused-ring (bicyclic) bond motifs is 1. The lowest BCUT2D eigenvalue weighted by molar-refractivity contribution is 0.122. The Morgan fingerprint density at radius 2 is 2.31 bits per heavy atom. The molecule has 0 aliphatic carbocycles. The standard InChI is InChI=1S/C13H16FNO/c14-13(5-1-6-15-9-13)11-2-3-12-10(8-11)4-7-16-12/h2-3,8,15H,1,4-7,9H2. The Bertz CT molecular complexity index is 399. The van der Waals surface area contributed by atoms with Crippen LogP contribution in [0.3, 0.4) is 0 Å². The maximum Gasteiger partial charge on any atom is 0.148 e. The summed E-state index contributed by atoms with van der Waals surface area (Å²) >= 11 is 0. The molecule has 1 atom stereocenters. The molecule has 2 heterocycles. The van der Waals surface area contributed by atoms with Crippen LogP contribution in [0.5, 0.6) is 5.75 Å². The Balaban J connectivity index is 1.93. The topological polar surface area (TPSA) is 21.3 Å². The Morgan fingerprint density at radius 1 is 1.38 bits per heavy atom. The van der Waals surface area contributed by atoms with E-state index in [4.69, 9.17) is 4.74 Å². The van der Waals surface area contributed by atoms with E-state index < -0.39 is 5.67 Å². The number of ether oxygens (including phenoxy) is 1. The molecule has 16 heavy (non-hydrogen) atoms. The van der Waals surface area contributed by atoms with Crippen LogP contribution in [0.2, 0.25) is 0 Å². The normalized spacial score (nSPS) is 28.6. The molecular formula is C13H16FNO. The van der Waals surface area contributed by atoms with Crippen LogP contribution in [0.25, 0.3) is 0 Å². The highest BCUT2D eigenvalue weighted by molar-refractivity contribution is 5.42. The third kappa shape index (κ3) is 1.59. The number of hydrogen-bond acceptors (Lipinski definition) is 2. The van der Waals surface area contributed by atoms with Gasteiger partial charge in [0.05, 0.1) is 6.61 Å². The van der Waals surface area contributed by atoms with Crippen LogP contribution in [0.15, 0.2) is 18.2 Å². The molecule has 0 aromatic heterocycles. The van der Waals surface area contributed by atoms with Gasteiger partial charge in [0.15, 0.2) is 0 Å². The second-order valence-electron chi connectivity index (χ2n) is 4.67. The average Bonchev–Trinajstić information content (AvgIpc) is 2.77. The molecule has 86 valence electrons. The van der Waals surface area contributed by atoms with Gasteiger partial charge in [0, 0.05) is 13.0 Å². The first-order valence-electron chi connectivity index (χ1n) is 5.94. The van der Waals surface area contributed by atoms with Gasteiger partial charge in [0.2, 0.25) is 0 Å². The third-order valence-electron chi connectivity index (χ3n) is 3.54. The van der Waals surface area contributed by atoms with E-state index in [9.17, 15) is 4.39 Å². The van der Waals surface area contributed by atoms with Gasteiger partial charge >= 0.3 is 0 Å². The zero-order valence-corrected chi connectivity index (χ0v) is 9.26. The van der Waals surface area contributed by atoms with Crippen molar-refractivity contribution in [2.24, 2.45) is 0 Å². The van der Waals surface area contributed by atoms with Crippen LogP contribution in [0, 0.1) is 0 Å². The quantitative estimate of drug-likeness (QED) is 0.784. The lowest BCUT2D eigenvalue weighted by atomic mass is 9.87. The molecule has 3 rings (SSSR count). The van der Waals surface area contributed by atoms with Crippen LogP contribution >= 0.6 is 0 Å². The molecule has 3 heteroatoms. The van der Waals surface area contributed by atoms with Crippen molar-refractivity contribution in [2.45, 2.75) is 24.9 Å². The van der Waals surface area contributed by atoms with Crippen molar-refractivity contribution < 1.29 is 9.13 Å². The average molecular weight is 221 g/mol. The molecule has 1 N–H and O–H groups in total. The highest BCUT2D eigenvalue weighted by Gasteiger charge is 2.34. The third-order valence-corrected chi connectivity index (χ3v) is 3.54. The van der Waals surface area contributed by atoms with Gasteiger partial charge in [-0.15, -0.1) is 0 Å². The number of benzene rings is 1. The summed E-state index contributed by atoms with van der Waals surface area (Å²) in [4.78, 5) is 0. The zero-order chi connectivity index (χ0) is 11.0. The van der Waals surface area contributed by atoms with E-state index in [1.165, 1.54) is 0 Å². The van der Waals surface area contributed by atoms with E-state index in [1.54, 1.807) is 0 Å². The van der Waals surface area contributed by atoms with Crippen LogP contribution < -0.4 is 10.1 Å². The van der Waals surface area contributed by atoms with E-state index in [-0.39, 0.29) is 0 Å². The van der Waals surface area contributed by atoms with Crippen LogP contribution in [-0.4, -0.2) is 19.7 Å². The Kier molecular flexibility index (Phi) is 2.36. The fourth-order valence-electron chi connectivity index (χ4n) is 2.58. The Labute approximate surface area is 94.8 Å². The van der Waals surface area contributed by atoms with Gasteiger partial charge < -0.3 is 10.1 Å². The SMILES string of the molecule is FC1(c2ccc3c(c2)CCO3)CCCNC1. The van der Waals surface area contributed by atoms with Crippen molar-refractivity contribution in [3.63, 3.8) is 0 Å². The number of halogens is 1. The van der Waals surface area contributed by atoms with Crippen molar-refractivity contribution in [1.82, 2.24) is 5.32 Å². The van der Waals surface area contributed by atoms with Gasteiger partial charge in [-0.05, 0) is 42.6 Å². The first-order valence-corrected chi connectivity index (χ1v) is 5.94. The molecule has 2 nitrogen and oxygen atoms in total. The smallest absolute Gasteiger partial charge is 0.148 e. The summed E-state index contributed by atoms with van der Waals surface area (Å²) in [6.45, 7) is 2.10. The maximum atomic E-state index is 14.7. The summed E-state index contributed by atoms with van der Waals surface area (Å²) in [6, 6.07) is 5.76. The van der Waals surface area contributed by atoms with Gasteiger partial charge in [0.25, 0.3) is 0 Å². The molecule has 1 fully saturated rings. The predicted molar refractivity (Wildman–Crippen MR) is 60.5 cm³/mol. The lowest BCUT2D eigenvalue weighted by Crippen LogP contribution is -2.40. The number of hydrogen-bond donors (Lipinski definition) is 1. The number of piperidine rings is 1. The highest BCUT2D eigenvalue weighted by Crippen LogP contribution is 2.36. The molecular weight excluding hydrogens is 205 g/mol. The van der Waals surface area contributed by atoms with Gasteiger partial charge in [-0.1, -0.05) is 6.07 Å². The second-order valence-corrected chi connectivity index (χ2v) is 4.67. The summed E-state index contributed by atoms with van der Waals surface area (Å²) in [5.74, 6) is 0.927. The predicted octanol–water partition coefficient (Wildman–Crippen LogP) is 2.17. The maximum absolute atomic E-state index is 14.7. The molecule has 0 bridgehead atoms. The van der Waals surface area contributed by atoms with Crippen molar-refractivity contribution in [3.8, 4) is 5.75 Å². The molecule has 0 amide bonds. The molecule has 1 saturated heterocycles. The number of nitrogens with one attached hydrogen (secondary N) is 1. The molecule has 0 saturated carbocycles. The minimum Gasteiger partial charge on any atom is -0.493 e. The van der Waals surface area contributed by atoms with E-state index in [0.717, 1.165) is 42.9 Å². The lowest BCUT2D eigenvalue weighted by Gasteiger charge is -2.30. The molecule has 2 aliphatic rings. The summed E-state index contributed by atoms with van der Waals surface area (Å²) in [5, 5.41) is 3.14. The van der Waals surface area contributed by atoms with E-state index in [0.29, 0.717) is 13.0 Å². The van der Waals surface area contributed by atoms with Crippen LogP contribution in [-0.2, 0) is 12.1 Å². The summed E-state index contributed by atoms with van der Waals surface area (Å²) in [6.07, 6.45) is 2.44. The van der Waals surface area contributed by atoms with Gasteiger partial charge in [-0.3, -0.25) is 0 Å². The first kappa shape index (κ1) is 10.1. The molecule has 1 aromatic carbocycles. The van der Waals surface area contributed by atoms with Crippen molar-refractivity contribution in [3.05, 3.63) is 29.3 Å². The molecule has 2 aliphatic heterocycles. The monoisotopic (exact) mass is 221 g/mol. The Morgan fingerprint density at radius 3 is 3.12 bits per heavy atom. The zero-order valence-electron chi connectivity index (χ0n) is 9.26. The van der Waals surface area contributed by atoms with Gasteiger partial charge in [0.1, 0.15) is 11.4 Å². The minimum absolute atomic E-state index is 0.437. The molecule has 0 radical (unpaired) electrons. The fraction of sp³-hybridized carbons (Fsp3) is 0.538. The summed E-state index contributed by atoms with van der Waals surface area (Å²) < 4.78 is 20.1. The van der Waals surface area contributed by atoms with Crippen LogP contribution in [0.1, 0.15) is 24.0 Å². The molecule has 1 unspecified atom stereocenters. The van der Waals surface area contributed by atoms with E-state index in [1.807, 2.05) is 18.2 Å².